The Balaban J connectivity index is 2.24. The molecule has 1 aromatic rings. The monoisotopic (exact) mass is 372 g/mol. The van der Waals surface area contributed by atoms with Gasteiger partial charge >= 0.3 is 5.69 Å². The second-order valence-corrected chi connectivity index (χ2v) is 11.7. The number of hydrogen-bond donors (Lipinski definition) is 3. The summed E-state index contributed by atoms with van der Waals surface area (Å²) in [4.78, 5) is 26.3. The highest BCUT2D eigenvalue weighted by molar-refractivity contribution is 7.72. The Kier molecular flexibility index (Phi) is 6.49. The van der Waals surface area contributed by atoms with E-state index in [4.69, 9.17) is 4.74 Å². The Morgan fingerprint density at radius 3 is 2.60 bits per heavy atom. The molecule has 1 saturated heterocycles. The lowest BCUT2D eigenvalue weighted by atomic mass is 10.1. The minimum atomic E-state index is -1.28. The van der Waals surface area contributed by atoms with Crippen molar-refractivity contribution in [1.29, 1.82) is 0 Å². The van der Waals surface area contributed by atoms with Crippen molar-refractivity contribution >= 4 is 13.2 Å². The first-order valence-electron chi connectivity index (χ1n) is 8.67. The summed E-state index contributed by atoms with van der Waals surface area (Å²) in [5.41, 5.74) is -0.588. The van der Waals surface area contributed by atoms with Crippen LogP contribution in [0.3, 0.4) is 0 Å². The predicted octanol–water partition coefficient (Wildman–Crippen LogP) is 0.598. The van der Waals surface area contributed by atoms with E-state index < -0.39 is 42.7 Å². The molecule has 2 rings (SSSR count). The molecule has 1 aliphatic heterocycles. The van der Waals surface area contributed by atoms with Crippen LogP contribution in [0, 0.1) is 0 Å². The van der Waals surface area contributed by atoms with Gasteiger partial charge in [0.15, 0.2) is 6.23 Å². The fourth-order valence-corrected chi connectivity index (χ4v) is 3.89. The first kappa shape index (κ1) is 20.2. The maximum Gasteiger partial charge on any atom is 0.330 e. The van der Waals surface area contributed by atoms with Gasteiger partial charge in [0.2, 0.25) is 0 Å². The second kappa shape index (κ2) is 8.04. The SMILES string of the molecule is C=P(C)(C)CC[C@H]1O[C@@H](n2cc(CCCC)c(=O)[nH]c2=O)[C@H](O)[C@@H]1O. The van der Waals surface area contributed by atoms with Gasteiger partial charge in [-0.1, -0.05) is 13.3 Å². The van der Waals surface area contributed by atoms with Gasteiger partial charge in [-0.05, 0) is 38.8 Å². The van der Waals surface area contributed by atoms with Gasteiger partial charge in [0.1, 0.15) is 12.2 Å². The van der Waals surface area contributed by atoms with E-state index in [2.05, 4.69) is 24.6 Å². The van der Waals surface area contributed by atoms with Crippen molar-refractivity contribution < 1.29 is 14.9 Å². The summed E-state index contributed by atoms with van der Waals surface area (Å²) in [5.74, 6) is 0. The highest BCUT2D eigenvalue weighted by atomic mass is 31.2. The molecular weight excluding hydrogens is 343 g/mol. The Morgan fingerprint density at radius 2 is 2.00 bits per heavy atom. The molecule has 0 bridgehead atoms. The number of rotatable bonds is 7. The Morgan fingerprint density at radius 1 is 1.32 bits per heavy atom. The van der Waals surface area contributed by atoms with E-state index in [0.717, 1.165) is 19.0 Å². The number of aromatic nitrogens is 2. The minimum Gasteiger partial charge on any atom is -0.388 e. The van der Waals surface area contributed by atoms with Crippen molar-refractivity contribution in [1.82, 2.24) is 9.55 Å². The Bertz CT molecular complexity index is 750. The van der Waals surface area contributed by atoms with E-state index in [1.807, 2.05) is 6.92 Å². The molecule has 0 radical (unpaired) electrons. The largest absolute Gasteiger partial charge is 0.388 e. The molecular formula is C17H29N2O5P. The van der Waals surface area contributed by atoms with Gasteiger partial charge < -0.3 is 14.9 Å². The van der Waals surface area contributed by atoms with Crippen LogP contribution in [0.25, 0.3) is 0 Å². The van der Waals surface area contributed by atoms with Crippen LogP contribution in [-0.4, -0.2) is 63.9 Å². The molecule has 2 heterocycles. The normalized spacial score (nSPS) is 26.9. The molecule has 0 aromatic carbocycles. The van der Waals surface area contributed by atoms with Gasteiger partial charge in [-0.3, -0.25) is 14.3 Å². The van der Waals surface area contributed by atoms with Crippen LogP contribution in [0.1, 0.15) is 38.0 Å². The molecule has 0 aliphatic carbocycles. The van der Waals surface area contributed by atoms with E-state index in [-0.39, 0.29) is 0 Å². The highest BCUT2D eigenvalue weighted by Crippen LogP contribution is 2.39. The van der Waals surface area contributed by atoms with Crippen molar-refractivity contribution in [3.63, 3.8) is 0 Å². The number of nitrogens with one attached hydrogen (secondary N) is 1. The number of nitrogens with zero attached hydrogens (tertiary/aromatic N) is 1. The van der Waals surface area contributed by atoms with Gasteiger partial charge in [0.25, 0.3) is 5.56 Å². The fourth-order valence-electron chi connectivity index (χ4n) is 2.94. The molecule has 1 fully saturated rings. The maximum atomic E-state index is 12.2. The number of aliphatic hydroxyl groups is 2. The van der Waals surface area contributed by atoms with Crippen LogP contribution in [0.5, 0.6) is 0 Å². The fraction of sp³-hybridized carbons (Fsp3) is 0.706. The molecule has 0 unspecified atom stereocenters. The summed E-state index contributed by atoms with van der Waals surface area (Å²) < 4.78 is 6.96. The average molecular weight is 372 g/mol. The van der Waals surface area contributed by atoms with Gasteiger partial charge in [-0.25, -0.2) is 4.79 Å². The molecule has 4 atom stereocenters. The zero-order valence-corrected chi connectivity index (χ0v) is 16.0. The summed E-state index contributed by atoms with van der Waals surface area (Å²) in [6.07, 6.45) is 5.39. The molecule has 1 aliphatic rings. The quantitative estimate of drug-likeness (QED) is 0.608. The molecule has 0 saturated carbocycles. The standard InChI is InChI=1S/C17H29N2O5P/c1-5-6-7-11-10-19(17(23)18-15(11)22)16-14(21)13(20)12(24-16)8-9-25(2,3)4/h10,12-14,16,20-21H,2,5-9H2,1,3-4H3,(H,18,22,23)/t12-,13-,14-,16-/m1/s1. The number of aromatic amines is 1. The molecule has 25 heavy (non-hydrogen) atoms. The minimum absolute atomic E-state index is 0.414. The molecule has 0 spiro atoms. The molecule has 1 aromatic heterocycles. The third-order valence-corrected chi connectivity index (χ3v) is 5.94. The lowest BCUT2D eigenvalue weighted by Gasteiger charge is -2.19. The highest BCUT2D eigenvalue weighted by Gasteiger charge is 2.43. The van der Waals surface area contributed by atoms with Gasteiger partial charge in [-0.2, -0.15) is 0 Å². The van der Waals surface area contributed by atoms with E-state index in [1.54, 1.807) is 0 Å². The van der Waals surface area contributed by atoms with Gasteiger partial charge in [-0.15, -0.1) is 13.2 Å². The smallest absolute Gasteiger partial charge is 0.330 e. The number of aliphatic hydroxyl groups excluding tert-OH is 2. The predicted molar refractivity (Wildman–Crippen MR) is 101 cm³/mol. The van der Waals surface area contributed by atoms with E-state index in [9.17, 15) is 19.8 Å². The molecule has 0 amide bonds. The molecule has 8 heteroatoms. The number of unbranched alkanes of at least 4 members (excludes halogenated alkanes) is 1. The van der Waals surface area contributed by atoms with Crippen molar-refractivity contribution in [2.24, 2.45) is 0 Å². The van der Waals surface area contributed by atoms with Crippen LogP contribution in [0.4, 0.5) is 0 Å². The van der Waals surface area contributed by atoms with Crippen LogP contribution >= 0.6 is 6.89 Å². The van der Waals surface area contributed by atoms with Crippen LogP contribution < -0.4 is 11.2 Å². The number of ether oxygens (including phenoxy) is 1. The van der Waals surface area contributed by atoms with Gasteiger partial charge in [0.05, 0.1) is 6.10 Å². The summed E-state index contributed by atoms with van der Waals surface area (Å²) in [6, 6.07) is 0. The topological polar surface area (TPSA) is 105 Å². The first-order valence-corrected chi connectivity index (χ1v) is 11.7. The average Bonchev–Trinajstić information content (AvgIpc) is 2.80. The van der Waals surface area contributed by atoms with E-state index in [1.165, 1.54) is 10.8 Å². The van der Waals surface area contributed by atoms with E-state index in [0.29, 0.717) is 18.4 Å². The summed E-state index contributed by atoms with van der Waals surface area (Å²) in [6.45, 7) is 4.92. The summed E-state index contributed by atoms with van der Waals surface area (Å²) >= 11 is 0. The van der Waals surface area contributed by atoms with Crippen molar-refractivity contribution in [2.45, 2.75) is 57.1 Å². The van der Waals surface area contributed by atoms with Crippen LogP contribution in [-0.2, 0) is 11.2 Å². The van der Waals surface area contributed by atoms with Gasteiger partial charge in [0, 0.05) is 11.8 Å². The number of aryl methyl sites for hydroxylation is 1. The van der Waals surface area contributed by atoms with Crippen molar-refractivity contribution in [2.75, 3.05) is 19.5 Å². The number of H-pyrrole nitrogens is 1. The van der Waals surface area contributed by atoms with Crippen LogP contribution in [0.15, 0.2) is 15.8 Å². The number of hydrogen-bond acceptors (Lipinski definition) is 5. The second-order valence-electron chi connectivity index (χ2n) is 7.42. The van der Waals surface area contributed by atoms with Crippen molar-refractivity contribution in [3.8, 4) is 0 Å². The maximum absolute atomic E-state index is 12.2. The third kappa shape index (κ3) is 4.94. The lowest BCUT2D eigenvalue weighted by Crippen LogP contribution is -2.38. The lowest BCUT2D eigenvalue weighted by molar-refractivity contribution is -0.0404. The summed E-state index contributed by atoms with van der Waals surface area (Å²) in [7, 11) is 0. The molecule has 3 N–H and O–H groups in total. The van der Waals surface area contributed by atoms with Crippen LogP contribution in [0.2, 0.25) is 0 Å². The Hall–Kier alpha value is -1.14. The third-order valence-electron chi connectivity index (χ3n) is 4.47. The van der Waals surface area contributed by atoms with Crippen molar-refractivity contribution in [3.05, 3.63) is 32.6 Å². The summed E-state index contributed by atoms with van der Waals surface area (Å²) in [5, 5.41) is 20.6. The first-order chi connectivity index (χ1) is 11.6. The Labute approximate surface area is 147 Å². The zero-order valence-electron chi connectivity index (χ0n) is 15.1. The molecule has 142 valence electrons. The van der Waals surface area contributed by atoms with E-state index >= 15 is 0 Å². The molecule has 7 nitrogen and oxygen atoms in total. The zero-order chi connectivity index (χ0) is 18.8.